The van der Waals surface area contributed by atoms with Crippen LogP contribution in [-0.4, -0.2) is 53.8 Å². The van der Waals surface area contributed by atoms with Crippen molar-refractivity contribution >= 4 is 17.0 Å². The Labute approximate surface area is 268 Å². The first-order valence-corrected chi connectivity index (χ1v) is 15.0. The van der Waals surface area contributed by atoms with Gasteiger partial charge in [-0.2, -0.15) is 0 Å². The van der Waals surface area contributed by atoms with E-state index in [1.165, 1.54) is 12.1 Å². The van der Waals surface area contributed by atoms with E-state index in [9.17, 15) is 9.90 Å². The summed E-state index contributed by atoms with van der Waals surface area (Å²) >= 11 is 0. The smallest absolute Gasteiger partial charge is 0.335 e. The molecule has 1 aliphatic rings. The van der Waals surface area contributed by atoms with Crippen LogP contribution in [0.5, 0.6) is 5.88 Å². The molecule has 0 bridgehead atoms. The molecule has 4 heterocycles. The number of hydrogen-bond donors (Lipinski definition) is 1. The normalized spacial score (nSPS) is 15.7. The second-order valence-corrected chi connectivity index (χ2v) is 12.2. The maximum atomic E-state index is 15.7. The van der Waals surface area contributed by atoms with Crippen molar-refractivity contribution in [1.29, 1.82) is 0 Å². The molecule has 0 amide bonds. The van der Waals surface area contributed by atoms with Crippen molar-refractivity contribution in [1.82, 2.24) is 29.5 Å². The van der Waals surface area contributed by atoms with Crippen LogP contribution in [-0.2, 0) is 17.8 Å². The molecule has 0 aliphatic carbocycles. The van der Waals surface area contributed by atoms with Crippen molar-refractivity contribution in [2.24, 2.45) is 5.41 Å². The molecule has 7 rings (SSSR count). The number of carbonyl (C=O) groups is 1. The number of ether oxygens (including phenoxy) is 2. The van der Waals surface area contributed by atoms with Crippen LogP contribution in [0.15, 0.2) is 85.2 Å². The Kier molecular flexibility index (Phi) is 7.72. The summed E-state index contributed by atoms with van der Waals surface area (Å²) in [6, 6.07) is 19.3. The molecule has 0 unspecified atom stereocenters. The molecule has 3 aromatic heterocycles. The van der Waals surface area contributed by atoms with Crippen LogP contribution < -0.4 is 4.74 Å². The van der Waals surface area contributed by atoms with E-state index in [0.29, 0.717) is 30.1 Å². The zero-order valence-electron chi connectivity index (χ0n) is 25.6. The van der Waals surface area contributed by atoms with Crippen LogP contribution in [0.4, 0.5) is 8.78 Å². The summed E-state index contributed by atoms with van der Waals surface area (Å²) in [6.45, 7) is 5.22. The van der Waals surface area contributed by atoms with E-state index in [1.807, 2.05) is 28.8 Å². The first-order chi connectivity index (χ1) is 22.7. The SMILES string of the molecule is CC1(C)COC[C@H]1n1c(Cc2cc(F)c(-c3cccc(OCc4ccc(-n5ccnn5)cc4)n3)cc2F)nc2ccc(C(=O)O)cc21. The number of aromatic carboxylic acids is 1. The molecule has 10 nitrogen and oxygen atoms in total. The third-order valence-electron chi connectivity index (χ3n) is 8.47. The summed E-state index contributed by atoms with van der Waals surface area (Å²) in [5.41, 5.74) is 3.07. The molecule has 0 spiro atoms. The Hall–Kier alpha value is -5.49. The van der Waals surface area contributed by atoms with Crippen molar-refractivity contribution < 1.29 is 28.2 Å². The maximum absolute atomic E-state index is 15.7. The fourth-order valence-corrected chi connectivity index (χ4v) is 5.91. The summed E-state index contributed by atoms with van der Waals surface area (Å²) in [7, 11) is 0. The van der Waals surface area contributed by atoms with E-state index >= 15 is 8.78 Å². The lowest BCUT2D eigenvalue weighted by atomic mass is 9.87. The molecule has 12 heteroatoms. The van der Waals surface area contributed by atoms with Gasteiger partial charge in [-0.05, 0) is 59.7 Å². The molecule has 238 valence electrons. The summed E-state index contributed by atoms with van der Waals surface area (Å²) in [4.78, 5) is 20.9. The van der Waals surface area contributed by atoms with Crippen LogP contribution in [0.25, 0.3) is 28.0 Å². The number of hydrogen-bond acceptors (Lipinski definition) is 7. The minimum atomic E-state index is -1.06. The molecule has 1 fully saturated rings. The molecule has 0 radical (unpaired) electrons. The summed E-state index contributed by atoms with van der Waals surface area (Å²) in [5.74, 6) is -1.57. The zero-order chi connectivity index (χ0) is 32.7. The predicted octanol–water partition coefficient (Wildman–Crippen LogP) is 6.42. The van der Waals surface area contributed by atoms with Crippen molar-refractivity contribution in [2.75, 3.05) is 13.2 Å². The number of halogens is 2. The Balaban J connectivity index is 1.14. The fraction of sp³-hybridized carbons (Fsp3) is 0.229. The third-order valence-corrected chi connectivity index (χ3v) is 8.47. The highest BCUT2D eigenvalue weighted by molar-refractivity contribution is 5.92. The summed E-state index contributed by atoms with van der Waals surface area (Å²) in [6.07, 6.45) is 3.33. The topological polar surface area (TPSA) is 117 Å². The number of nitrogens with zero attached hydrogens (tertiary/aromatic N) is 6. The molecule has 0 saturated carbocycles. The van der Waals surface area contributed by atoms with Crippen LogP contribution in [0.1, 0.15) is 47.2 Å². The average molecular weight is 637 g/mol. The number of pyridine rings is 1. The van der Waals surface area contributed by atoms with Gasteiger partial charge in [0.05, 0.1) is 59.6 Å². The largest absolute Gasteiger partial charge is 0.478 e. The van der Waals surface area contributed by atoms with Crippen LogP contribution in [0, 0.1) is 17.0 Å². The lowest BCUT2D eigenvalue weighted by molar-refractivity contribution is 0.0697. The molecule has 6 aromatic rings. The maximum Gasteiger partial charge on any atom is 0.335 e. The number of rotatable bonds is 9. The molecular formula is C35H30F2N6O4. The highest BCUT2D eigenvalue weighted by Crippen LogP contribution is 2.40. The standard InChI is InChI=1S/C35H30F2N6O4/c1-35(2)20-46-19-31(35)43-30-15-22(34(44)45)8-11-29(30)39-32(43)16-23-14-27(37)25(17-26(23)36)28-4-3-5-33(40-28)47-18-21-6-9-24(10-7-21)42-13-12-38-41-42/h3-15,17,31H,16,18-20H2,1-2H3,(H,44,45)/t31-/m1/s1. The van der Waals surface area contributed by atoms with E-state index in [4.69, 9.17) is 14.5 Å². The van der Waals surface area contributed by atoms with E-state index in [2.05, 4.69) is 29.1 Å². The molecule has 1 N–H and O–H groups in total. The van der Waals surface area contributed by atoms with Gasteiger partial charge >= 0.3 is 5.97 Å². The number of carboxylic acid groups (broad SMARTS) is 1. The van der Waals surface area contributed by atoms with Gasteiger partial charge in [0.25, 0.3) is 0 Å². The van der Waals surface area contributed by atoms with Gasteiger partial charge in [0, 0.05) is 23.5 Å². The van der Waals surface area contributed by atoms with Gasteiger partial charge in [0.1, 0.15) is 24.1 Å². The monoisotopic (exact) mass is 636 g/mol. The van der Waals surface area contributed by atoms with E-state index in [1.54, 1.807) is 47.4 Å². The van der Waals surface area contributed by atoms with Gasteiger partial charge in [0.2, 0.25) is 5.88 Å². The summed E-state index contributed by atoms with van der Waals surface area (Å²) in [5, 5.41) is 17.4. The second-order valence-electron chi connectivity index (χ2n) is 12.2. The van der Waals surface area contributed by atoms with Crippen LogP contribution >= 0.6 is 0 Å². The Bertz CT molecular complexity index is 2090. The van der Waals surface area contributed by atoms with Gasteiger partial charge in [0.15, 0.2) is 0 Å². The molecule has 1 aliphatic heterocycles. The first-order valence-electron chi connectivity index (χ1n) is 15.0. The Morgan fingerprint density at radius 2 is 1.87 bits per heavy atom. The van der Waals surface area contributed by atoms with E-state index in [0.717, 1.165) is 17.3 Å². The van der Waals surface area contributed by atoms with Gasteiger partial charge < -0.3 is 19.1 Å². The van der Waals surface area contributed by atoms with E-state index < -0.39 is 17.6 Å². The van der Waals surface area contributed by atoms with Crippen molar-refractivity contribution in [3.8, 4) is 22.8 Å². The van der Waals surface area contributed by atoms with Crippen molar-refractivity contribution in [3.63, 3.8) is 0 Å². The lowest BCUT2D eigenvalue weighted by Gasteiger charge is -2.28. The van der Waals surface area contributed by atoms with Gasteiger partial charge in [-0.3, -0.25) is 0 Å². The number of imidazole rings is 1. The lowest BCUT2D eigenvalue weighted by Crippen LogP contribution is -2.27. The van der Waals surface area contributed by atoms with Gasteiger partial charge in [-0.25, -0.2) is 28.2 Å². The number of aromatic nitrogens is 6. The number of carboxylic acids is 1. The molecule has 1 saturated heterocycles. The quantitative estimate of drug-likeness (QED) is 0.193. The van der Waals surface area contributed by atoms with Crippen molar-refractivity contribution in [2.45, 2.75) is 32.9 Å². The molecule has 3 aromatic carbocycles. The minimum Gasteiger partial charge on any atom is -0.478 e. The van der Waals surface area contributed by atoms with Gasteiger partial charge in [-0.15, -0.1) is 5.10 Å². The van der Waals surface area contributed by atoms with Crippen LogP contribution in [0.2, 0.25) is 0 Å². The number of benzene rings is 3. The third kappa shape index (κ3) is 5.95. The highest BCUT2D eigenvalue weighted by Gasteiger charge is 2.39. The average Bonchev–Trinajstić information content (AvgIpc) is 3.80. The highest BCUT2D eigenvalue weighted by atomic mass is 19.1. The fourth-order valence-electron chi connectivity index (χ4n) is 5.91. The summed E-state index contributed by atoms with van der Waals surface area (Å²) < 4.78 is 46.6. The first kappa shape index (κ1) is 30.2. The van der Waals surface area contributed by atoms with E-state index in [-0.39, 0.29) is 52.7 Å². The Morgan fingerprint density at radius 1 is 1.04 bits per heavy atom. The van der Waals surface area contributed by atoms with Gasteiger partial charge in [-0.1, -0.05) is 37.3 Å². The molecule has 47 heavy (non-hydrogen) atoms. The molecular weight excluding hydrogens is 606 g/mol. The minimum absolute atomic E-state index is 0.00110. The van der Waals surface area contributed by atoms with Crippen molar-refractivity contribution in [3.05, 3.63) is 119 Å². The Morgan fingerprint density at radius 3 is 2.60 bits per heavy atom. The molecule has 1 atom stereocenters. The van der Waals surface area contributed by atoms with Crippen LogP contribution in [0.3, 0.4) is 0 Å². The number of fused-ring (bicyclic) bond motifs is 1. The predicted molar refractivity (Wildman–Crippen MR) is 168 cm³/mol. The second kappa shape index (κ2) is 12.0. The zero-order valence-corrected chi connectivity index (χ0v) is 25.6.